The third-order valence-electron chi connectivity index (χ3n) is 4.12. The summed E-state index contributed by atoms with van der Waals surface area (Å²) in [4.78, 5) is 24.6. The predicted molar refractivity (Wildman–Crippen MR) is 115 cm³/mol. The van der Waals surface area contributed by atoms with E-state index in [0.29, 0.717) is 0 Å². The molecule has 2 amide bonds. The summed E-state index contributed by atoms with van der Waals surface area (Å²) in [7, 11) is 0. The van der Waals surface area contributed by atoms with Crippen LogP contribution in [0.5, 0.6) is 0 Å². The second-order valence-corrected chi connectivity index (χ2v) is 7.69. The third kappa shape index (κ3) is 4.49. The van der Waals surface area contributed by atoms with E-state index in [2.05, 4.69) is 0 Å². The summed E-state index contributed by atoms with van der Waals surface area (Å²) in [6.07, 6.45) is 0. The largest absolute Gasteiger partial charge is 0.320 e. The van der Waals surface area contributed by atoms with Gasteiger partial charge in [-0.05, 0) is 24.3 Å². The van der Waals surface area contributed by atoms with Crippen LogP contribution in [0, 0.1) is 23.3 Å². The number of carbonyl (C=O) groups is 2. The molecule has 0 aliphatic carbocycles. The Morgan fingerprint density at radius 1 is 0.594 bits per heavy atom. The van der Waals surface area contributed by atoms with Crippen molar-refractivity contribution in [1.29, 1.82) is 0 Å². The summed E-state index contributed by atoms with van der Waals surface area (Å²) in [5.41, 5.74) is -3.54. The van der Waals surface area contributed by atoms with Crippen LogP contribution in [-0.4, -0.2) is 11.8 Å². The lowest BCUT2D eigenvalue weighted by molar-refractivity contribution is 0.0993. The quantitative estimate of drug-likeness (QED) is 0.276. The number of carbonyl (C=O) groups excluding carboxylic acids is 2. The van der Waals surface area contributed by atoms with Gasteiger partial charge in [-0.25, -0.2) is 17.6 Å². The lowest BCUT2D eigenvalue weighted by Crippen LogP contribution is -2.23. The van der Waals surface area contributed by atoms with Gasteiger partial charge in [-0.3, -0.25) is 9.59 Å². The van der Waals surface area contributed by atoms with Gasteiger partial charge in [0.2, 0.25) is 0 Å². The Morgan fingerprint density at radius 3 is 1.22 bits per heavy atom. The van der Waals surface area contributed by atoms with Gasteiger partial charge in [-0.15, -0.1) is 0 Å². The van der Waals surface area contributed by atoms with Crippen LogP contribution in [0.3, 0.4) is 0 Å². The highest BCUT2D eigenvalue weighted by atomic mass is 35.5. The van der Waals surface area contributed by atoms with Gasteiger partial charge < -0.3 is 10.6 Å². The van der Waals surface area contributed by atoms with Gasteiger partial charge in [0.1, 0.15) is 11.1 Å². The van der Waals surface area contributed by atoms with Crippen LogP contribution in [-0.2, 0) is 0 Å². The maximum Gasteiger partial charge on any atom is 0.261 e. The van der Waals surface area contributed by atoms with E-state index in [1.165, 1.54) is 36.4 Å². The molecule has 0 heterocycles. The molecule has 3 rings (SSSR count). The Kier molecular flexibility index (Phi) is 7.19. The van der Waals surface area contributed by atoms with Crippen LogP contribution < -0.4 is 10.6 Å². The molecule has 0 aromatic heterocycles. The Bertz CT molecular complexity index is 1150. The lowest BCUT2D eigenvalue weighted by Gasteiger charge is -2.14. The second-order valence-electron chi connectivity index (χ2n) is 6.12. The maximum atomic E-state index is 14.5. The zero-order chi connectivity index (χ0) is 23.7. The molecule has 0 spiro atoms. The summed E-state index contributed by atoms with van der Waals surface area (Å²) in [5, 5.41) is 3.69. The van der Waals surface area contributed by atoms with Crippen LogP contribution in [0.15, 0.2) is 36.4 Å². The van der Waals surface area contributed by atoms with Crippen molar-refractivity contribution in [2.45, 2.75) is 0 Å². The highest BCUT2D eigenvalue weighted by Gasteiger charge is 2.33. The zero-order valence-corrected chi connectivity index (χ0v) is 18.3. The number of hydrogen-bond acceptors (Lipinski definition) is 2. The number of benzene rings is 3. The molecule has 0 radical (unpaired) electrons. The molecule has 2 N–H and O–H groups in total. The molecule has 0 unspecified atom stereocenters. The van der Waals surface area contributed by atoms with Crippen LogP contribution in [0.1, 0.15) is 20.7 Å². The van der Waals surface area contributed by atoms with E-state index in [9.17, 15) is 27.2 Å². The number of halogens is 8. The molecule has 32 heavy (non-hydrogen) atoms. The van der Waals surface area contributed by atoms with Gasteiger partial charge in [0.05, 0.1) is 31.5 Å². The average Bonchev–Trinajstić information content (AvgIpc) is 2.73. The van der Waals surface area contributed by atoms with Gasteiger partial charge in [0, 0.05) is 0 Å². The fourth-order valence-corrected chi connectivity index (χ4v) is 3.30. The SMILES string of the molecule is O=C(Nc1cccc(Cl)c1Cl)c1c(F)c(F)c(C(=O)Nc2cccc(Cl)c2Cl)c(F)c1F. The Balaban J connectivity index is 2.00. The van der Waals surface area contributed by atoms with Crippen molar-refractivity contribution in [2.24, 2.45) is 0 Å². The van der Waals surface area contributed by atoms with E-state index in [1.54, 1.807) is 0 Å². The lowest BCUT2D eigenvalue weighted by atomic mass is 10.1. The zero-order valence-electron chi connectivity index (χ0n) is 15.3. The monoisotopic (exact) mass is 524 g/mol. The third-order valence-corrected chi connectivity index (χ3v) is 5.75. The van der Waals surface area contributed by atoms with E-state index in [4.69, 9.17) is 46.4 Å². The fraction of sp³-hybridized carbons (Fsp3) is 0. The number of amides is 2. The van der Waals surface area contributed by atoms with E-state index in [1.807, 2.05) is 10.6 Å². The van der Waals surface area contributed by atoms with E-state index in [0.717, 1.165) is 0 Å². The first-order valence-corrected chi connectivity index (χ1v) is 9.92. The number of hydrogen-bond donors (Lipinski definition) is 2. The molecule has 0 bridgehead atoms. The molecule has 0 aliphatic heterocycles. The van der Waals surface area contributed by atoms with Crippen molar-refractivity contribution in [3.8, 4) is 0 Å². The van der Waals surface area contributed by atoms with E-state index in [-0.39, 0.29) is 31.5 Å². The van der Waals surface area contributed by atoms with Crippen molar-refractivity contribution in [3.63, 3.8) is 0 Å². The van der Waals surface area contributed by atoms with Crippen molar-refractivity contribution in [2.75, 3.05) is 10.6 Å². The summed E-state index contributed by atoms with van der Waals surface area (Å²) >= 11 is 23.3. The van der Waals surface area contributed by atoms with Crippen molar-refractivity contribution in [1.82, 2.24) is 0 Å². The number of nitrogens with one attached hydrogen (secondary N) is 2. The Morgan fingerprint density at radius 2 is 0.906 bits per heavy atom. The van der Waals surface area contributed by atoms with Crippen molar-refractivity contribution in [3.05, 3.63) is 90.9 Å². The fourth-order valence-electron chi connectivity index (χ4n) is 2.60. The summed E-state index contributed by atoms with van der Waals surface area (Å²) in [6.45, 7) is 0. The average molecular weight is 526 g/mol. The highest BCUT2D eigenvalue weighted by Crippen LogP contribution is 2.33. The smallest absolute Gasteiger partial charge is 0.261 e. The molecule has 0 saturated heterocycles. The normalized spacial score (nSPS) is 10.8. The van der Waals surface area contributed by atoms with E-state index < -0.39 is 46.2 Å². The summed E-state index contributed by atoms with van der Waals surface area (Å²) < 4.78 is 58.2. The summed E-state index contributed by atoms with van der Waals surface area (Å²) in [6, 6.07) is 7.97. The molecule has 0 atom stereocenters. The van der Waals surface area contributed by atoms with Gasteiger partial charge >= 0.3 is 0 Å². The minimum atomic E-state index is -2.10. The van der Waals surface area contributed by atoms with Gasteiger partial charge in [-0.2, -0.15) is 0 Å². The molecular weight excluding hydrogens is 518 g/mol. The molecule has 0 aliphatic rings. The number of anilines is 2. The topological polar surface area (TPSA) is 58.2 Å². The molecule has 0 saturated carbocycles. The first-order valence-electron chi connectivity index (χ1n) is 8.41. The first-order chi connectivity index (χ1) is 15.0. The van der Waals surface area contributed by atoms with Crippen molar-refractivity contribution < 1.29 is 27.2 Å². The predicted octanol–water partition coefficient (Wildman–Crippen LogP) is 7.36. The van der Waals surface area contributed by atoms with Crippen LogP contribution in [0.4, 0.5) is 28.9 Å². The Hall–Kier alpha value is -2.52. The standard InChI is InChI=1S/C20H8Cl4F4N2O2/c21-7-3-1-5-9(13(7)23)29-19(31)11-15(25)17(27)12(18(28)16(11)26)20(32)30-10-6-2-4-8(22)14(10)24/h1-6H,(H,29,31)(H,30,32). The highest BCUT2D eigenvalue weighted by molar-refractivity contribution is 6.44. The maximum absolute atomic E-state index is 14.5. The molecule has 166 valence electrons. The molecule has 3 aromatic rings. The van der Waals surface area contributed by atoms with Gasteiger partial charge in [-0.1, -0.05) is 58.5 Å². The first kappa shape index (κ1) is 24.1. The Labute approximate surface area is 198 Å². The minimum absolute atomic E-state index is 0.00877. The van der Waals surface area contributed by atoms with Crippen LogP contribution in [0.25, 0.3) is 0 Å². The van der Waals surface area contributed by atoms with Crippen LogP contribution >= 0.6 is 46.4 Å². The second kappa shape index (κ2) is 9.54. The number of rotatable bonds is 4. The minimum Gasteiger partial charge on any atom is -0.320 e. The van der Waals surface area contributed by atoms with Crippen molar-refractivity contribution >= 4 is 69.6 Å². The molecule has 3 aromatic carbocycles. The summed E-state index contributed by atoms with van der Waals surface area (Å²) in [5.74, 6) is -11.5. The van der Waals surface area contributed by atoms with Crippen LogP contribution in [0.2, 0.25) is 20.1 Å². The molecule has 4 nitrogen and oxygen atoms in total. The molecule has 12 heteroatoms. The van der Waals surface area contributed by atoms with E-state index >= 15 is 0 Å². The molecule has 0 fully saturated rings. The van der Waals surface area contributed by atoms with Gasteiger partial charge in [0.25, 0.3) is 11.8 Å². The molecular formula is C20H8Cl4F4N2O2. The van der Waals surface area contributed by atoms with Gasteiger partial charge in [0.15, 0.2) is 23.3 Å².